The second kappa shape index (κ2) is 3.19. The SMILES string of the molecule is CCc1ccc2scc(Br)c2c1. The van der Waals surface area contributed by atoms with Crippen LogP contribution in [0.5, 0.6) is 0 Å². The van der Waals surface area contributed by atoms with Gasteiger partial charge < -0.3 is 0 Å². The zero-order chi connectivity index (χ0) is 8.55. The van der Waals surface area contributed by atoms with Gasteiger partial charge in [-0.15, -0.1) is 11.3 Å². The van der Waals surface area contributed by atoms with E-state index in [1.807, 2.05) is 0 Å². The van der Waals surface area contributed by atoms with E-state index >= 15 is 0 Å². The highest BCUT2D eigenvalue weighted by molar-refractivity contribution is 9.10. The van der Waals surface area contributed by atoms with Crippen LogP contribution in [0, 0.1) is 0 Å². The highest BCUT2D eigenvalue weighted by atomic mass is 79.9. The Bertz CT molecular complexity index is 403. The van der Waals surface area contributed by atoms with Gasteiger partial charge in [-0.2, -0.15) is 0 Å². The lowest BCUT2D eigenvalue weighted by Crippen LogP contribution is -1.76. The Morgan fingerprint density at radius 3 is 3.00 bits per heavy atom. The first kappa shape index (κ1) is 8.27. The van der Waals surface area contributed by atoms with Gasteiger partial charge in [-0.1, -0.05) is 13.0 Å². The maximum Gasteiger partial charge on any atom is 0.0361 e. The normalized spacial score (nSPS) is 10.8. The smallest absolute Gasteiger partial charge is 0.0361 e. The van der Waals surface area contributed by atoms with E-state index in [0.29, 0.717) is 0 Å². The predicted molar refractivity (Wildman–Crippen MR) is 58.9 cm³/mol. The third-order valence-corrected chi connectivity index (χ3v) is 3.92. The van der Waals surface area contributed by atoms with E-state index in [4.69, 9.17) is 0 Å². The van der Waals surface area contributed by atoms with Crippen LogP contribution in [-0.2, 0) is 6.42 Å². The quantitative estimate of drug-likeness (QED) is 0.701. The molecule has 1 aromatic carbocycles. The fourth-order valence-electron chi connectivity index (χ4n) is 1.27. The molecule has 0 fully saturated rings. The van der Waals surface area contributed by atoms with Crippen LogP contribution in [0.2, 0.25) is 0 Å². The summed E-state index contributed by atoms with van der Waals surface area (Å²) in [6.45, 7) is 2.18. The van der Waals surface area contributed by atoms with Crippen molar-refractivity contribution < 1.29 is 0 Å². The summed E-state index contributed by atoms with van der Waals surface area (Å²) < 4.78 is 2.58. The summed E-state index contributed by atoms with van der Waals surface area (Å²) in [7, 11) is 0. The molecule has 2 aromatic rings. The molecule has 0 atom stereocenters. The van der Waals surface area contributed by atoms with E-state index in [-0.39, 0.29) is 0 Å². The molecule has 0 aliphatic rings. The maximum atomic E-state index is 3.54. The molecule has 1 aromatic heterocycles. The average Bonchev–Trinajstić information content (AvgIpc) is 2.47. The van der Waals surface area contributed by atoms with Crippen LogP contribution in [-0.4, -0.2) is 0 Å². The average molecular weight is 241 g/mol. The number of aryl methyl sites for hydroxylation is 1. The van der Waals surface area contributed by atoms with Crippen molar-refractivity contribution >= 4 is 37.4 Å². The van der Waals surface area contributed by atoms with Gasteiger partial charge >= 0.3 is 0 Å². The molecule has 0 aliphatic carbocycles. The number of fused-ring (bicyclic) bond motifs is 1. The van der Waals surface area contributed by atoms with Crippen LogP contribution in [0.1, 0.15) is 12.5 Å². The molecule has 0 radical (unpaired) electrons. The van der Waals surface area contributed by atoms with E-state index in [1.54, 1.807) is 11.3 Å². The molecule has 0 unspecified atom stereocenters. The van der Waals surface area contributed by atoms with E-state index in [9.17, 15) is 0 Å². The monoisotopic (exact) mass is 240 g/mol. The predicted octanol–water partition coefficient (Wildman–Crippen LogP) is 4.23. The van der Waals surface area contributed by atoms with Crippen molar-refractivity contribution in [1.29, 1.82) is 0 Å². The van der Waals surface area contributed by atoms with Gasteiger partial charge in [-0.25, -0.2) is 0 Å². The Kier molecular flexibility index (Phi) is 2.20. The van der Waals surface area contributed by atoms with Crippen molar-refractivity contribution in [3.63, 3.8) is 0 Å². The van der Waals surface area contributed by atoms with Crippen molar-refractivity contribution in [3.05, 3.63) is 33.6 Å². The van der Waals surface area contributed by atoms with Gasteiger partial charge in [0.1, 0.15) is 0 Å². The van der Waals surface area contributed by atoms with E-state index in [0.717, 1.165) is 6.42 Å². The number of benzene rings is 1. The third-order valence-electron chi connectivity index (χ3n) is 2.00. The summed E-state index contributed by atoms with van der Waals surface area (Å²) in [5.74, 6) is 0. The summed E-state index contributed by atoms with van der Waals surface area (Å²) in [6.07, 6.45) is 1.11. The molecule has 0 saturated heterocycles. The number of hydrogen-bond acceptors (Lipinski definition) is 1. The summed E-state index contributed by atoms with van der Waals surface area (Å²) >= 11 is 5.33. The number of thiophene rings is 1. The minimum absolute atomic E-state index is 1.11. The zero-order valence-corrected chi connectivity index (χ0v) is 9.21. The van der Waals surface area contributed by atoms with Crippen LogP contribution in [0.15, 0.2) is 28.1 Å². The van der Waals surface area contributed by atoms with Crippen LogP contribution in [0.25, 0.3) is 10.1 Å². The van der Waals surface area contributed by atoms with Gasteiger partial charge in [0.25, 0.3) is 0 Å². The lowest BCUT2D eigenvalue weighted by molar-refractivity contribution is 1.15. The minimum atomic E-state index is 1.11. The van der Waals surface area contributed by atoms with Crippen molar-refractivity contribution in [3.8, 4) is 0 Å². The molecule has 2 rings (SSSR count). The second-order valence-corrected chi connectivity index (χ2v) is 4.53. The fourth-order valence-corrected chi connectivity index (χ4v) is 2.80. The third kappa shape index (κ3) is 1.29. The molecule has 0 N–H and O–H groups in total. The Morgan fingerprint density at radius 1 is 1.42 bits per heavy atom. The minimum Gasteiger partial charge on any atom is -0.143 e. The molecular formula is C10H9BrS. The van der Waals surface area contributed by atoms with Gasteiger partial charge in [0.2, 0.25) is 0 Å². The molecule has 0 nitrogen and oxygen atoms in total. The second-order valence-electron chi connectivity index (χ2n) is 2.77. The number of rotatable bonds is 1. The molecule has 12 heavy (non-hydrogen) atoms. The largest absolute Gasteiger partial charge is 0.143 e. The van der Waals surface area contributed by atoms with Gasteiger partial charge in [0.05, 0.1) is 0 Å². The highest BCUT2D eigenvalue weighted by Gasteiger charge is 2.00. The van der Waals surface area contributed by atoms with Crippen LogP contribution in [0.4, 0.5) is 0 Å². The topological polar surface area (TPSA) is 0 Å². The molecule has 0 amide bonds. The summed E-state index contributed by atoms with van der Waals surface area (Å²) in [6, 6.07) is 6.66. The summed E-state index contributed by atoms with van der Waals surface area (Å²) in [5.41, 5.74) is 1.40. The Morgan fingerprint density at radius 2 is 2.25 bits per heavy atom. The molecule has 62 valence electrons. The van der Waals surface area contributed by atoms with Crippen molar-refractivity contribution in [1.82, 2.24) is 0 Å². The van der Waals surface area contributed by atoms with E-state index in [2.05, 4.69) is 46.4 Å². The Labute approximate surface area is 84.4 Å². The highest BCUT2D eigenvalue weighted by Crippen LogP contribution is 2.30. The Hall–Kier alpha value is -0.340. The first-order chi connectivity index (χ1) is 5.81. The lowest BCUT2D eigenvalue weighted by atomic mass is 10.1. The first-order valence-corrected chi connectivity index (χ1v) is 5.64. The van der Waals surface area contributed by atoms with Gasteiger partial charge in [0, 0.05) is 19.9 Å². The summed E-state index contributed by atoms with van der Waals surface area (Å²) in [4.78, 5) is 0. The first-order valence-electron chi connectivity index (χ1n) is 3.97. The summed E-state index contributed by atoms with van der Waals surface area (Å²) in [5, 5.41) is 3.49. The van der Waals surface area contributed by atoms with E-state index in [1.165, 1.54) is 20.1 Å². The standard InChI is InChI=1S/C10H9BrS/c1-2-7-3-4-10-8(5-7)9(11)6-12-10/h3-6H,2H2,1H3. The Balaban J connectivity index is 2.71. The van der Waals surface area contributed by atoms with Gasteiger partial charge in [0.15, 0.2) is 0 Å². The van der Waals surface area contributed by atoms with Gasteiger partial charge in [-0.3, -0.25) is 0 Å². The zero-order valence-electron chi connectivity index (χ0n) is 6.80. The van der Waals surface area contributed by atoms with Crippen LogP contribution < -0.4 is 0 Å². The van der Waals surface area contributed by atoms with Crippen molar-refractivity contribution in [2.75, 3.05) is 0 Å². The van der Waals surface area contributed by atoms with Gasteiger partial charge in [-0.05, 0) is 40.0 Å². The number of halogens is 1. The number of hydrogen-bond donors (Lipinski definition) is 0. The molecule has 2 heteroatoms. The molecule has 0 saturated carbocycles. The molecular weight excluding hydrogens is 232 g/mol. The molecule has 0 spiro atoms. The van der Waals surface area contributed by atoms with Crippen molar-refractivity contribution in [2.45, 2.75) is 13.3 Å². The van der Waals surface area contributed by atoms with E-state index < -0.39 is 0 Å². The van der Waals surface area contributed by atoms with Crippen LogP contribution in [0.3, 0.4) is 0 Å². The molecule has 0 bridgehead atoms. The maximum absolute atomic E-state index is 3.54. The lowest BCUT2D eigenvalue weighted by Gasteiger charge is -1.96. The fraction of sp³-hybridized carbons (Fsp3) is 0.200. The molecule has 0 aliphatic heterocycles. The van der Waals surface area contributed by atoms with Crippen LogP contribution >= 0.6 is 27.3 Å². The van der Waals surface area contributed by atoms with Crippen molar-refractivity contribution in [2.24, 2.45) is 0 Å². The molecule has 1 heterocycles.